The Kier molecular flexibility index (Phi) is 5.36. The first kappa shape index (κ1) is 19.2. The summed E-state index contributed by atoms with van der Waals surface area (Å²) >= 11 is 0. The van der Waals surface area contributed by atoms with Crippen LogP contribution in [0.5, 0.6) is 5.75 Å². The number of carbonyl (C=O) groups excluding carboxylic acids is 2. The van der Waals surface area contributed by atoms with E-state index in [0.29, 0.717) is 35.9 Å². The van der Waals surface area contributed by atoms with Gasteiger partial charge in [0.1, 0.15) is 11.5 Å². The average molecular weight is 374 g/mol. The number of amides is 2. The van der Waals surface area contributed by atoms with Crippen LogP contribution in [-0.4, -0.2) is 48.9 Å². The third-order valence-corrected chi connectivity index (χ3v) is 5.58. The van der Waals surface area contributed by atoms with Crippen molar-refractivity contribution in [1.82, 2.24) is 5.32 Å². The van der Waals surface area contributed by atoms with Gasteiger partial charge in [0.15, 0.2) is 0 Å². The van der Waals surface area contributed by atoms with E-state index in [-0.39, 0.29) is 5.71 Å². The maximum Gasteiger partial charge on any atom is 0.270 e. The van der Waals surface area contributed by atoms with Crippen molar-refractivity contribution < 1.29 is 19.4 Å². The number of aliphatic imine (C=N–C) groups is 1. The van der Waals surface area contributed by atoms with E-state index in [4.69, 9.17) is 16.2 Å². The number of nitrogens with one attached hydrogen (secondary N) is 1. The summed E-state index contributed by atoms with van der Waals surface area (Å²) in [5.74, 6) is 0.121. The second kappa shape index (κ2) is 7.56. The lowest BCUT2D eigenvalue weighted by Crippen LogP contribution is -2.41. The molecule has 2 aliphatic carbocycles. The van der Waals surface area contributed by atoms with Gasteiger partial charge >= 0.3 is 0 Å². The highest BCUT2D eigenvalue weighted by atomic mass is 16.5. The molecule has 0 heterocycles. The Morgan fingerprint density at radius 2 is 2.15 bits per heavy atom. The fourth-order valence-corrected chi connectivity index (χ4v) is 3.29. The topological polar surface area (TPSA) is 140 Å². The van der Waals surface area contributed by atoms with E-state index in [0.717, 1.165) is 0 Å². The van der Waals surface area contributed by atoms with Crippen LogP contribution in [0.3, 0.4) is 0 Å². The van der Waals surface area contributed by atoms with Crippen molar-refractivity contribution in [2.45, 2.75) is 31.7 Å². The second-order valence-electron chi connectivity index (χ2n) is 7.34. The van der Waals surface area contributed by atoms with E-state index in [1.165, 1.54) is 26.3 Å². The molecule has 8 nitrogen and oxygen atoms in total. The molecule has 0 radical (unpaired) electrons. The van der Waals surface area contributed by atoms with E-state index < -0.39 is 29.9 Å². The number of ether oxygens (including phenoxy) is 1. The largest absolute Gasteiger partial charge is 0.493 e. The van der Waals surface area contributed by atoms with Crippen molar-refractivity contribution in [3.8, 4) is 5.75 Å². The molecule has 2 amide bonds. The number of aliphatic hydroxyl groups excluding tert-OH is 1. The van der Waals surface area contributed by atoms with Crippen molar-refractivity contribution in [1.29, 1.82) is 0 Å². The van der Waals surface area contributed by atoms with E-state index in [1.54, 1.807) is 18.2 Å². The Morgan fingerprint density at radius 1 is 1.41 bits per heavy atom. The number of primary amides is 1. The number of nitrogens with zero attached hydrogens (tertiary/aromatic N) is 1. The number of nitrogens with two attached hydrogens (primary N) is 2. The summed E-state index contributed by atoms with van der Waals surface area (Å²) in [4.78, 5) is 28.3. The fraction of sp³-hybridized carbons (Fsp3) is 0.526. The van der Waals surface area contributed by atoms with Gasteiger partial charge < -0.3 is 26.6 Å². The van der Waals surface area contributed by atoms with Gasteiger partial charge in [-0.1, -0.05) is 6.42 Å². The van der Waals surface area contributed by atoms with Gasteiger partial charge in [-0.15, -0.1) is 0 Å². The Morgan fingerprint density at radius 3 is 2.67 bits per heavy atom. The van der Waals surface area contributed by atoms with Gasteiger partial charge in [-0.05, 0) is 43.4 Å². The summed E-state index contributed by atoms with van der Waals surface area (Å²) in [5, 5.41) is 12.1. The van der Waals surface area contributed by atoms with Crippen LogP contribution in [0.15, 0.2) is 23.2 Å². The molecule has 2 fully saturated rings. The lowest BCUT2D eigenvalue weighted by molar-refractivity contribution is -0.124. The van der Waals surface area contributed by atoms with Gasteiger partial charge in [0.25, 0.3) is 5.91 Å². The first-order valence-electron chi connectivity index (χ1n) is 9.12. The minimum atomic E-state index is -1.09. The van der Waals surface area contributed by atoms with E-state index in [1.807, 2.05) is 0 Å². The Labute approximate surface area is 158 Å². The van der Waals surface area contributed by atoms with Gasteiger partial charge in [-0.25, -0.2) is 0 Å². The highest BCUT2D eigenvalue weighted by Gasteiger charge is 2.59. The summed E-state index contributed by atoms with van der Waals surface area (Å²) < 4.78 is 5.82. The van der Waals surface area contributed by atoms with Crippen molar-refractivity contribution in [2.75, 3.05) is 26.0 Å². The van der Waals surface area contributed by atoms with Gasteiger partial charge in [0.2, 0.25) is 5.91 Å². The highest BCUT2D eigenvalue weighted by Crippen LogP contribution is 2.45. The molecule has 146 valence electrons. The van der Waals surface area contributed by atoms with E-state index >= 15 is 0 Å². The van der Waals surface area contributed by atoms with Crippen molar-refractivity contribution in [2.24, 2.45) is 22.1 Å². The lowest BCUT2D eigenvalue weighted by Gasteiger charge is -2.25. The number of anilines is 1. The van der Waals surface area contributed by atoms with E-state index in [9.17, 15) is 14.7 Å². The molecule has 1 aromatic carbocycles. The molecule has 0 saturated heterocycles. The number of hydrogen-bond donors (Lipinski definition) is 4. The molecule has 2 atom stereocenters. The first-order chi connectivity index (χ1) is 12.9. The molecule has 2 aliphatic rings. The van der Waals surface area contributed by atoms with Gasteiger partial charge in [0.05, 0.1) is 18.6 Å². The van der Waals surface area contributed by atoms with Crippen LogP contribution in [-0.2, 0) is 9.59 Å². The third-order valence-electron chi connectivity index (χ3n) is 5.58. The van der Waals surface area contributed by atoms with Crippen LogP contribution in [0.4, 0.5) is 5.69 Å². The number of rotatable bonds is 8. The standard InChI is InChI=1S/C19H26N4O4/c1-22-16(17(25)23-15-8-19(15,10-24)18(21)26)13-7-12(5-6-14(13)20)27-9-11-3-2-4-11/h5-7,11,15,24H,2-4,8-10,20H2,1H3,(H2,21,26)(H,23,25). The number of aliphatic hydroxyl groups is 1. The number of benzene rings is 1. The predicted octanol–water partition coefficient (Wildman–Crippen LogP) is 0.219. The fourth-order valence-electron chi connectivity index (χ4n) is 3.29. The second-order valence-corrected chi connectivity index (χ2v) is 7.34. The molecule has 0 aromatic heterocycles. The number of carbonyl (C=O) groups is 2. The molecule has 2 saturated carbocycles. The molecule has 8 heteroatoms. The lowest BCUT2D eigenvalue weighted by atomic mass is 9.86. The summed E-state index contributed by atoms with van der Waals surface area (Å²) in [5.41, 5.74) is 11.3. The molecule has 0 spiro atoms. The Balaban J connectivity index is 1.71. The number of hydrogen-bond acceptors (Lipinski definition) is 6. The zero-order valence-corrected chi connectivity index (χ0v) is 15.4. The van der Waals surface area contributed by atoms with Crippen LogP contribution >= 0.6 is 0 Å². The molecule has 6 N–H and O–H groups in total. The smallest absolute Gasteiger partial charge is 0.270 e. The molecule has 0 aliphatic heterocycles. The average Bonchev–Trinajstić information content (AvgIpc) is 3.31. The molecule has 0 bridgehead atoms. The van der Waals surface area contributed by atoms with Crippen molar-refractivity contribution in [3.05, 3.63) is 23.8 Å². The van der Waals surface area contributed by atoms with Crippen molar-refractivity contribution >= 4 is 23.2 Å². The minimum absolute atomic E-state index is 0.143. The summed E-state index contributed by atoms with van der Waals surface area (Å²) in [6.45, 7) is 0.242. The summed E-state index contributed by atoms with van der Waals surface area (Å²) in [6, 6.07) is 4.65. The van der Waals surface area contributed by atoms with Gasteiger partial charge in [-0.3, -0.25) is 14.6 Å². The Hall–Kier alpha value is -2.61. The SMILES string of the molecule is CN=C(C(=O)NC1CC1(CO)C(N)=O)c1cc(OCC2CCC2)ccc1N. The van der Waals surface area contributed by atoms with Gasteiger partial charge in [0, 0.05) is 24.3 Å². The zero-order valence-electron chi connectivity index (χ0n) is 15.4. The van der Waals surface area contributed by atoms with Crippen LogP contribution in [0, 0.1) is 11.3 Å². The highest BCUT2D eigenvalue weighted by molar-refractivity contribution is 6.46. The van der Waals surface area contributed by atoms with Crippen LogP contribution in [0.1, 0.15) is 31.2 Å². The van der Waals surface area contributed by atoms with Crippen LogP contribution in [0.25, 0.3) is 0 Å². The third kappa shape index (κ3) is 3.75. The van der Waals surface area contributed by atoms with E-state index in [2.05, 4.69) is 10.3 Å². The Bertz CT molecular complexity index is 775. The normalized spacial score (nSPS) is 24.8. The summed E-state index contributed by atoms with van der Waals surface area (Å²) in [7, 11) is 1.50. The maximum atomic E-state index is 12.7. The molecular formula is C19H26N4O4. The number of nitrogen functional groups attached to an aromatic ring is 1. The quantitative estimate of drug-likeness (QED) is 0.381. The maximum absolute atomic E-state index is 12.7. The summed E-state index contributed by atoms with van der Waals surface area (Å²) in [6.07, 6.45) is 3.91. The first-order valence-corrected chi connectivity index (χ1v) is 9.12. The van der Waals surface area contributed by atoms with Gasteiger partial charge in [-0.2, -0.15) is 0 Å². The van der Waals surface area contributed by atoms with Crippen LogP contribution < -0.4 is 21.5 Å². The molecule has 3 rings (SSSR count). The molecular weight excluding hydrogens is 348 g/mol. The van der Waals surface area contributed by atoms with Crippen LogP contribution in [0.2, 0.25) is 0 Å². The van der Waals surface area contributed by atoms with Crippen molar-refractivity contribution in [3.63, 3.8) is 0 Å². The molecule has 27 heavy (non-hydrogen) atoms. The minimum Gasteiger partial charge on any atom is -0.493 e. The molecule has 2 unspecified atom stereocenters. The predicted molar refractivity (Wildman–Crippen MR) is 101 cm³/mol. The monoisotopic (exact) mass is 374 g/mol. The zero-order chi connectivity index (χ0) is 19.6. The molecule has 1 aromatic rings.